The van der Waals surface area contributed by atoms with Crippen LogP contribution < -0.4 is 11.5 Å². The molecule has 5 nitrogen and oxygen atoms in total. The van der Waals surface area contributed by atoms with Gasteiger partial charge in [0.15, 0.2) is 0 Å². The van der Waals surface area contributed by atoms with Gasteiger partial charge in [-0.25, -0.2) is 0 Å². The number of hydrogen-bond acceptors (Lipinski definition) is 4. The van der Waals surface area contributed by atoms with Crippen molar-refractivity contribution in [2.45, 2.75) is 12.1 Å². The maximum Gasteiger partial charge on any atom is 0.323 e. The van der Waals surface area contributed by atoms with Crippen LogP contribution in [0.15, 0.2) is 24.3 Å². The Morgan fingerprint density at radius 2 is 1.79 bits per heavy atom. The Hall–Kier alpha value is -1.59. The second-order valence-corrected chi connectivity index (χ2v) is 2.98. The van der Waals surface area contributed by atoms with Crippen LogP contribution in [0.2, 0.25) is 0 Å². The maximum absolute atomic E-state index is 10.5. The molecule has 14 heavy (non-hydrogen) atoms. The number of carboxylic acid groups (broad SMARTS) is 1. The molecule has 76 valence electrons. The summed E-state index contributed by atoms with van der Waals surface area (Å²) in [6.45, 7) is 0. The van der Waals surface area contributed by atoms with Crippen LogP contribution in [0.25, 0.3) is 0 Å². The highest BCUT2D eigenvalue weighted by atomic mass is 16.4. The Kier molecular flexibility index (Phi) is 3.06. The van der Waals surface area contributed by atoms with E-state index in [0.717, 1.165) is 0 Å². The number of benzene rings is 1. The molecule has 0 saturated carbocycles. The molecule has 0 saturated heterocycles. The van der Waals surface area contributed by atoms with E-state index in [1.807, 2.05) is 0 Å². The minimum Gasteiger partial charge on any atom is -0.480 e. The van der Waals surface area contributed by atoms with Crippen molar-refractivity contribution in [3.63, 3.8) is 0 Å². The first-order valence-electron chi connectivity index (χ1n) is 4.04. The van der Waals surface area contributed by atoms with Crippen molar-refractivity contribution >= 4 is 11.7 Å². The minimum absolute atomic E-state index is 0.439. The molecule has 2 atom stereocenters. The Balaban J connectivity index is 2.84. The molecule has 0 bridgehead atoms. The molecule has 1 rings (SSSR count). The number of aliphatic carboxylic acids is 1. The lowest BCUT2D eigenvalue weighted by Crippen LogP contribution is -2.36. The fourth-order valence-corrected chi connectivity index (χ4v) is 1.04. The number of hydrogen-bond donors (Lipinski definition) is 4. The number of aliphatic hydroxyl groups is 1. The first-order valence-corrected chi connectivity index (χ1v) is 4.04. The van der Waals surface area contributed by atoms with Gasteiger partial charge in [-0.05, 0) is 17.7 Å². The molecule has 0 unspecified atom stereocenters. The van der Waals surface area contributed by atoms with E-state index in [1.54, 1.807) is 24.3 Å². The van der Waals surface area contributed by atoms with E-state index in [4.69, 9.17) is 16.6 Å². The van der Waals surface area contributed by atoms with Gasteiger partial charge < -0.3 is 21.7 Å². The highest BCUT2D eigenvalue weighted by molar-refractivity contribution is 5.74. The SMILES string of the molecule is Nc1ccc([C@@H](O)[C@@H](N)C(=O)O)cc1. The largest absolute Gasteiger partial charge is 0.480 e. The molecule has 0 spiro atoms. The van der Waals surface area contributed by atoms with Crippen LogP contribution in [0.4, 0.5) is 5.69 Å². The molecule has 0 fully saturated rings. The molecule has 0 aliphatic heterocycles. The Morgan fingerprint density at radius 1 is 1.29 bits per heavy atom. The molecular formula is C9H12N2O3. The van der Waals surface area contributed by atoms with E-state index < -0.39 is 18.1 Å². The van der Waals surface area contributed by atoms with E-state index in [1.165, 1.54) is 0 Å². The highest BCUT2D eigenvalue weighted by Crippen LogP contribution is 2.17. The fourth-order valence-electron chi connectivity index (χ4n) is 1.04. The van der Waals surface area contributed by atoms with E-state index in [0.29, 0.717) is 11.3 Å². The number of aliphatic hydroxyl groups excluding tert-OH is 1. The van der Waals surface area contributed by atoms with Gasteiger partial charge in [-0.1, -0.05) is 12.1 Å². The summed E-state index contributed by atoms with van der Waals surface area (Å²) in [5.41, 5.74) is 11.7. The molecule has 1 aromatic rings. The zero-order valence-electron chi connectivity index (χ0n) is 7.42. The summed E-state index contributed by atoms with van der Waals surface area (Å²) in [4.78, 5) is 10.5. The summed E-state index contributed by atoms with van der Waals surface area (Å²) in [7, 11) is 0. The van der Waals surface area contributed by atoms with Gasteiger partial charge in [-0.2, -0.15) is 0 Å². The highest BCUT2D eigenvalue weighted by Gasteiger charge is 2.23. The molecule has 0 aliphatic carbocycles. The first-order chi connectivity index (χ1) is 6.52. The molecule has 5 heteroatoms. The lowest BCUT2D eigenvalue weighted by molar-refractivity contribution is -0.141. The van der Waals surface area contributed by atoms with E-state index in [-0.39, 0.29) is 0 Å². The lowest BCUT2D eigenvalue weighted by atomic mass is 10.0. The second-order valence-electron chi connectivity index (χ2n) is 2.98. The average molecular weight is 196 g/mol. The van der Waals surface area contributed by atoms with Crippen molar-refractivity contribution < 1.29 is 15.0 Å². The quantitative estimate of drug-likeness (QED) is 0.497. The lowest BCUT2D eigenvalue weighted by Gasteiger charge is -2.14. The van der Waals surface area contributed by atoms with Gasteiger partial charge >= 0.3 is 5.97 Å². The molecule has 0 amide bonds. The van der Waals surface area contributed by atoms with Gasteiger partial charge in [0.25, 0.3) is 0 Å². The summed E-state index contributed by atoms with van der Waals surface area (Å²) in [6, 6.07) is 4.92. The predicted octanol–water partition coefficient (Wildman–Crippen LogP) is -0.286. The number of carbonyl (C=O) groups is 1. The average Bonchev–Trinajstić information content (AvgIpc) is 2.16. The third-order valence-corrected chi connectivity index (χ3v) is 1.90. The van der Waals surface area contributed by atoms with Crippen molar-refractivity contribution in [2.75, 3.05) is 5.73 Å². The van der Waals surface area contributed by atoms with Crippen molar-refractivity contribution in [3.05, 3.63) is 29.8 Å². The standard InChI is InChI=1S/C9H12N2O3/c10-6-3-1-5(2-4-6)8(12)7(11)9(13)14/h1-4,7-8,12H,10-11H2,(H,13,14)/t7-,8-/m1/s1. The van der Waals surface area contributed by atoms with Gasteiger partial charge in [-0.3, -0.25) is 4.79 Å². The Morgan fingerprint density at radius 3 is 2.21 bits per heavy atom. The van der Waals surface area contributed by atoms with Gasteiger partial charge in [0.05, 0.1) is 0 Å². The summed E-state index contributed by atoms with van der Waals surface area (Å²) in [5, 5.41) is 18.1. The van der Waals surface area contributed by atoms with E-state index >= 15 is 0 Å². The molecule has 1 aromatic carbocycles. The monoisotopic (exact) mass is 196 g/mol. The number of rotatable bonds is 3. The normalized spacial score (nSPS) is 14.7. The summed E-state index contributed by atoms with van der Waals surface area (Å²) in [6.07, 6.45) is -1.21. The van der Waals surface area contributed by atoms with Crippen molar-refractivity contribution in [1.29, 1.82) is 0 Å². The van der Waals surface area contributed by atoms with Crippen LogP contribution in [0, 0.1) is 0 Å². The molecule has 0 heterocycles. The summed E-state index contributed by atoms with van der Waals surface area (Å²) < 4.78 is 0. The fraction of sp³-hybridized carbons (Fsp3) is 0.222. The minimum atomic E-state index is -1.32. The maximum atomic E-state index is 10.5. The van der Waals surface area contributed by atoms with E-state index in [2.05, 4.69) is 0 Å². The number of nitrogens with two attached hydrogens (primary N) is 2. The van der Waals surface area contributed by atoms with Crippen LogP contribution in [0.3, 0.4) is 0 Å². The number of anilines is 1. The van der Waals surface area contributed by atoms with Crippen molar-refractivity contribution in [3.8, 4) is 0 Å². The third kappa shape index (κ3) is 2.21. The van der Waals surface area contributed by atoms with Crippen LogP contribution in [0.5, 0.6) is 0 Å². The Labute approximate surface area is 81.0 Å². The smallest absolute Gasteiger partial charge is 0.323 e. The van der Waals surface area contributed by atoms with Crippen LogP contribution >= 0.6 is 0 Å². The zero-order valence-corrected chi connectivity index (χ0v) is 7.42. The molecule has 0 radical (unpaired) electrons. The molecule has 6 N–H and O–H groups in total. The zero-order chi connectivity index (χ0) is 10.7. The van der Waals surface area contributed by atoms with Crippen molar-refractivity contribution in [2.24, 2.45) is 5.73 Å². The third-order valence-electron chi connectivity index (χ3n) is 1.90. The Bertz CT molecular complexity index is 323. The summed E-state index contributed by atoms with van der Waals surface area (Å²) in [5.74, 6) is -1.24. The number of carboxylic acids is 1. The van der Waals surface area contributed by atoms with Crippen molar-refractivity contribution in [1.82, 2.24) is 0 Å². The predicted molar refractivity (Wildman–Crippen MR) is 51.4 cm³/mol. The molecular weight excluding hydrogens is 184 g/mol. The first kappa shape index (κ1) is 10.5. The van der Waals surface area contributed by atoms with Crippen LogP contribution in [-0.4, -0.2) is 22.2 Å². The molecule has 0 aliphatic rings. The summed E-state index contributed by atoms with van der Waals surface area (Å²) >= 11 is 0. The van der Waals surface area contributed by atoms with E-state index in [9.17, 15) is 9.90 Å². The van der Waals surface area contributed by atoms with Crippen LogP contribution in [0.1, 0.15) is 11.7 Å². The topological polar surface area (TPSA) is 110 Å². The van der Waals surface area contributed by atoms with Gasteiger partial charge in [-0.15, -0.1) is 0 Å². The van der Waals surface area contributed by atoms with Gasteiger partial charge in [0.2, 0.25) is 0 Å². The molecule has 0 aromatic heterocycles. The van der Waals surface area contributed by atoms with Crippen LogP contribution in [-0.2, 0) is 4.79 Å². The number of nitrogen functional groups attached to an aromatic ring is 1. The van der Waals surface area contributed by atoms with Gasteiger partial charge in [0.1, 0.15) is 12.1 Å². The second kappa shape index (κ2) is 4.08. The van der Waals surface area contributed by atoms with Gasteiger partial charge in [0, 0.05) is 5.69 Å².